The summed E-state index contributed by atoms with van der Waals surface area (Å²) in [4.78, 5) is 20.6. The van der Waals surface area contributed by atoms with E-state index in [0.29, 0.717) is 25.6 Å². The van der Waals surface area contributed by atoms with Gasteiger partial charge in [-0.3, -0.25) is 10.1 Å². The highest BCUT2D eigenvalue weighted by Crippen LogP contribution is 2.23. The average molecular weight is 341 g/mol. The zero-order valence-corrected chi connectivity index (χ0v) is 14.4. The quantitative estimate of drug-likeness (QED) is 0.873. The van der Waals surface area contributed by atoms with Crippen LogP contribution in [-0.4, -0.2) is 35.7 Å². The molecule has 0 spiro atoms. The molecule has 3 rings (SSSR count). The second-order valence-electron chi connectivity index (χ2n) is 6.09. The molecule has 0 radical (unpaired) electrons. The number of aromatic nitrogens is 2. The number of hydrogen-bond donors (Lipinski definition) is 1. The minimum Gasteiger partial charge on any atom is -0.494 e. The van der Waals surface area contributed by atoms with Gasteiger partial charge in [-0.2, -0.15) is 0 Å². The number of ether oxygens (including phenoxy) is 2. The molecular formula is C19H23N3O3. The topological polar surface area (TPSA) is 73.3 Å². The molecule has 1 aromatic heterocycles. The second-order valence-corrected chi connectivity index (χ2v) is 6.09. The Morgan fingerprint density at radius 2 is 2.16 bits per heavy atom. The summed E-state index contributed by atoms with van der Waals surface area (Å²) in [6.45, 7) is 4.03. The van der Waals surface area contributed by atoms with Crippen molar-refractivity contribution in [3.8, 4) is 16.9 Å². The lowest BCUT2D eigenvalue weighted by atomic mass is 9.98. The Kier molecular flexibility index (Phi) is 5.95. The minimum atomic E-state index is -0.0680. The first kappa shape index (κ1) is 17.4. The van der Waals surface area contributed by atoms with E-state index in [1.807, 2.05) is 31.2 Å². The first-order valence-electron chi connectivity index (χ1n) is 8.67. The largest absolute Gasteiger partial charge is 0.494 e. The van der Waals surface area contributed by atoms with E-state index in [1.165, 1.54) is 0 Å². The molecule has 6 heteroatoms. The molecule has 25 heavy (non-hydrogen) atoms. The molecule has 1 aliphatic heterocycles. The van der Waals surface area contributed by atoms with Gasteiger partial charge in [0, 0.05) is 37.6 Å². The molecular weight excluding hydrogens is 318 g/mol. The van der Waals surface area contributed by atoms with E-state index in [2.05, 4.69) is 15.3 Å². The molecule has 1 unspecified atom stereocenters. The Balaban J connectivity index is 1.60. The van der Waals surface area contributed by atoms with Gasteiger partial charge in [-0.05, 0) is 43.4 Å². The fourth-order valence-corrected chi connectivity index (χ4v) is 2.88. The molecule has 1 atom stereocenters. The number of hydrogen-bond acceptors (Lipinski definition) is 5. The van der Waals surface area contributed by atoms with Crippen LogP contribution in [0.2, 0.25) is 0 Å². The SMILES string of the molecule is CCOc1cccc(-c2cnc(NC(=O)CC3CCCOC3)nc2)c1. The van der Waals surface area contributed by atoms with E-state index in [1.54, 1.807) is 12.4 Å². The van der Waals surface area contributed by atoms with Crippen molar-refractivity contribution in [1.29, 1.82) is 0 Å². The first-order chi connectivity index (χ1) is 12.2. The zero-order valence-electron chi connectivity index (χ0n) is 14.4. The molecule has 1 aromatic carbocycles. The Hall–Kier alpha value is -2.47. The highest BCUT2D eigenvalue weighted by atomic mass is 16.5. The molecule has 132 valence electrons. The molecule has 2 aromatic rings. The summed E-state index contributed by atoms with van der Waals surface area (Å²) < 4.78 is 10.9. The molecule has 2 heterocycles. The van der Waals surface area contributed by atoms with Gasteiger partial charge >= 0.3 is 0 Å². The third-order valence-electron chi connectivity index (χ3n) is 4.11. The van der Waals surface area contributed by atoms with Crippen LogP contribution in [-0.2, 0) is 9.53 Å². The smallest absolute Gasteiger partial charge is 0.229 e. The predicted octanol–water partition coefficient (Wildman–Crippen LogP) is 3.30. The van der Waals surface area contributed by atoms with Gasteiger partial charge in [0.1, 0.15) is 5.75 Å². The summed E-state index contributed by atoms with van der Waals surface area (Å²) in [6.07, 6.45) is 5.91. The third-order valence-corrected chi connectivity index (χ3v) is 4.11. The van der Waals surface area contributed by atoms with Gasteiger partial charge < -0.3 is 9.47 Å². The highest BCUT2D eigenvalue weighted by molar-refractivity contribution is 5.89. The lowest BCUT2D eigenvalue weighted by Crippen LogP contribution is -2.24. The van der Waals surface area contributed by atoms with Crippen LogP contribution in [0.25, 0.3) is 11.1 Å². The first-order valence-corrected chi connectivity index (χ1v) is 8.67. The number of nitrogens with zero attached hydrogens (tertiary/aromatic N) is 2. The van der Waals surface area contributed by atoms with E-state index in [-0.39, 0.29) is 11.8 Å². The van der Waals surface area contributed by atoms with Crippen LogP contribution in [0.3, 0.4) is 0 Å². The van der Waals surface area contributed by atoms with E-state index >= 15 is 0 Å². The molecule has 6 nitrogen and oxygen atoms in total. The lowest BCUT2D eigenvalue weighted by Gasteiger charge is -2.21. The van der Waals surface area contributed by atoms with Gasteiger partial charge in [0.05, 0.1) is 6.61 Å². The number of anilines is 1. The number of rotatable bonds is 6. The van der Waals surface area contributed by atoms with E-state index < -0.39 is 0 Å². The van der Waals surface area contributed by atoms with Crippen LogP contribution < -0.4 is 10.1 Å². The summed E-state index contributed by atoms with van der Waals surface area (Å²) in [5.41, 5.74) is 1.85. The Morgan fingerprint density at radius 1 is 1.32 bits per heavy atom. The summed E-state index contributed by atoms with van der Waals surface area (Å²) in [5.74, 6) is 1.36. The van der Waals surface area contributed by atoms with E-state index in [9.17, 15) is 4.79 Å². The van der Waals surface area contributed by atoms with Gasteiger partial charge in [-0.1, -0.05) is 12.1 Å². The maximum absolute atomic E-state index is 12.1. The van der Waals surface area contributed by atoms with Gasteiger partial charge in [0.25, 0.3) is 0 Å². The maximum atomic E-state index is 12.1. The number of benzene rings is 1. The third kappa shape index (κ3) is 5.00. The van der Waals surface area contributed by atoms with Crippen molar-refractivity contribution in [2.75, 3.05) is 25.1 Å². The standard InChI is InChI=1S/C19H23N3O3/c1-2-25-17-7-3-6-15(10-17)16-11-20-19(21-12-16)22-18(23)9-14-5-4-8-24-13-14/h3,6-7,10-12,14H,2,4-5,8-9,13H2,1H3,(H,20,21,22,23). The van der Waals surface area contributed by atoms with Crippen LogP contribution in [0.1, 0.15) is 26.2 Å². The van der Waals surface area contributed by atoms with Crippen molar-refractivity contribution >= 4 is 11.9 Å². The van der Waals surface area contributed by atoms with Crippen molar-refractivity contribution in [2.45, 2.75) is 26.2 Å². The molecule has 1 aliphatic rings. The van der Waals surface area contributed by atoms with Crippen molar-refractivity contribution in [2.24, 2.45) is 5.92 Å². The van der Waals surface area contributed by atoms with Crippen molar-refractivity contribution in [3.05, 3.63) is 36.7 Å². The molecule has 1 amide bonds. The van der Waals surface area contributed by atoms with Crippen molar-refractivity contribution < 1.29 is 14.3 Å². The zero-order chi connectivity index (χ0) is 17.5. The monoisotopic (exact) mass is 341 g/mol. The van der Waals surface area contributed by atoms with Crippen LogP contribution >= 0.6 is 0 Å². The van der Waals surface area contributed by atoms with Crippen molar-refractivity contribution in [1.82, 2.24) is 9.97 Å². The fourth-order valence-electron chi connectivity index (χ4n) is 2.88. The Bertz CT molecular complexity index is 697. The second kappa shape index (κ2) is 8.58. The predicted molar refractivity (Wildman–Crippen MR) is 95.4 cm³/mol. The van der Waals surface area contributed by atoms with Crippen molar-refractivity contribution in [3.63, 3.8) is 0 Å². The van der Waals surface area contributed by atoms with Crippen LogP contribution in [0.15, 0.2) is 36.7 Å². The van der Waals surface area contributed by atoms with E-state index in [4.69, 9.17) is 9.47 Å². The van der Waals surface area contributed by atoms with Gasteiger partial charge in [0.2, 0.25) is 11.9 Å². The number of carbonyl (C=O) groups is 1. The normalized spacial score (nSPS) is 17.1. The Labute approximate surface area is 147 Å². The van der Waals surface area contributed by atoms with Gasteiger partial charge in [-0.25, -0.2) is 9.97 Å². The molecule has 0 saturated carbocycles. The number of amides is 1. The molecule has 1 fully saturated rings. The van der Waals surface area contributed by atoms with Gasteiger partial charge in [-0.15, -0.1) is 0 Å². The maximum Gasteiger partial charge on any atom is 0.229 e. The summed E-state index contributed by atoms with van der Waals surface area (Å²) in [6, 6.07) is 7.77. The summed E-state index contributed by atoms with van der Waals surface area (Å²) in [5, 5.41) is 2.76. The molecule has 0 aliphatic carbocycles. The molecule has 1 saturated heterocycles. The summed E-state index contributed by atoms with van der Waals surface area (Å²) in [7, 11) is 0. The van der Waals surface area contributed by atoms with Crippen LogP contribution in [0.5, 0.6) is 5.75 Å². The molecule has 0 bridgehead atoms. The van der Waals surface area contributed by atoms with Gasteiger partial charge in [0.15, 0.2) is 0 Å². The summed E-state index contributed by atoms with van der Waals surface area (Å²) >= 11 is 0. The van der Waals surface area contributed by atoms with Crippen LogP contribution in [0, 0.1) is 5.92 Å². The molecule has 1 N–H and O–H groups in total. The lowest BCUT2D eigenvalue weighted by molar-refractivity contribution is -0.118. The fraction of sp³-hybridized carbons (Fsp3) is 0.421. The number of nitrogens with one attached hydrogen (secondary N) is 1. The highest BCUT2D eigenvalue weighted by Gasteiger charge is 2.18. The number of carbonyl (C=O) groups excluding carboxylic acids is 1. The van der Waals surface area contributed by atoms with Crippen LogP contribution in [0.4, 0.5) is 5.95 Å². The average Bonchev–Trinajstić information content (AvgIpc) is 2.64. The minimum absolute atomic E-state index is 0.0680. The van der Waals surface area contributed by atoms with E-state index in [0.717, 1.165) is 36.3 Å². The Morgan fingerprint density at radius 3 is 2.88 bits per heavy atom.